The van der Waals surface area contributed by atoms with Crippen LogP contribution in [-0.4, -0.2) is 29.8 Å². The Kier molecular flexibility index (Phi) is 1.59. The number of carbonyl (C=O) groups is 1. The fraction of sp³-hybridized carbons (Fsp3) is 0.727. The highest BCUT2D eigenvalue weighted by molar-refractivity contribution is 5.91. The van der Waals surface area contributed by atoms with E-state index in [2.05, 4.69) is 4.90 Å². The summed E-state index contributed by atoms with van der Waals surface area (Å²) in [5, 5.41) is 0. The molecular formula is C11H15NO. The molecule has 70 valence electrons. The van der Waals surface area contributed by atoms with Crippen molar-refractivity contribution in [3.63, 3.8) is 0 Å². The van der Waals surface area contributed by atoms with Gasteiger partial charge in [0.25, 0.3) is 0 Å². The van der Waals surface area contributed by atoms with Crippen molar-refractivity contribution in [1.82, 2.24) is 4.90 Å². The van der Waals surface area contributed by atoms with Gasteiger partial charge in [0.15, 0.2) is 5.78 Å². The largest absolute Gasteiger partial charge is 0.297 e. The highest BCUT2D eigenvalue weighted by Gasteiger charge is 2.39. The second-order valence-corrected chi connectivity index (χ2v) is 4.48. The molecule has 0 N–H and O–H groups in total. The number of fused-ring (bicyclic) bond motifs is 2. The molecule has 2 nitrogen and oxygen atoms in total. The van der Waals surface area contributed by atoms with Gasteiger partial charge in [0, 0.05) is 12.5 Å². The Morgan fingerprint density at radius 3 is 2.77 bits per heavy atom. The van der Waals surface area contributed by atoms with E-state index >= 15 is 0 Å². The van der Waals surface area contributed by atoms with Crippen molar-refractivity contribution in [2.24, 2.45) is 5.92 Å². The van der Waals surface area contributed by atoms with Crippen LogP contribution in [0, 0.1) is 5.92 Å². The second-order valence-electron chi connectivity index (χ2n) is 4.48. The minimum absolute atomic E-state index is 0.361. The van der Waals surface area contributed by atoms with Crippen molar-refractivity contribution in [2.75, 3.05) is 13.1 Å². The molecule has 0 aromatic carbocycles. The lowest BCUT2D eigenvalue weighted by molar-refractivity contribution is -0.115. The Bertz CT molecular complexity index is 274. The molecule has 3 fully saturated rings. The summed E-state index contributed by atoms with van der Waals surface area (Å²) in [6.45, 7) is 2.53. The van der Waals surface area contributed by atoms with E-state index in [-0.39, 0.29) is 0 Å². The summed E-state index contributed by atoms with van der Waals surface area (Å²) in [7, 11) is 0. The first-order valence-electron chi connectivity index (χ1n) is 5.33. The number of carbonyl (C=O) groups excluding carboxylic acids is 1. The molecule has 3 aliphatic heterocycles. The quantitative estimate of drug-likeness (QED) is 0.557. The molecule has 3 saturated heterocycles. The van der Waals surface area contributed by atoms with Gasteiger partial charge in [0.2, 0.25) is 0 Å². The van der Waals surface area contributed by atoms with Gasteiger partial charge in [0.05, 0.1) is 0 Å². The lowest BCUT2D eigenvalue weighted by atomic mass is 9.74. The highest BCUT2D eigenvalue weighted by atomic mass is 16.1. The van der Waals surface area contributed by atoms with E-state index in [4.69, 9.17) is 0 Å². The van der Waals surface area contributed by atoms with Crippen molar-refractivity contribution in [3.8, 4) is 0 Å². The summed E-state index contributed by atoms with van der Waals surface area (Å²) < 4.78 is 0. The molecule has 3 heterocycles. The van der Waals surface area contributed by atoms with Gasteiger partial charge in [-0.2, -0.15) is 0 Å². The summed E-state index contributed by atoms with van der Waals surface area (Å²) in [5.41, 5.74) is 1.47. The third-order valence-electron chi connectivity index (χ3n) is 3.82. The summed E-state index contributed by atoms with van der Waals surface area (Å²) in [4.78, 5) is 13.9. The van der Waals surface area contributed by atoms with Crippen molar-refractivity contribution < 1.29 is 4.79 Å². The van der Waals surface area contributed by atoms with Gasteiger partial charge < -0.3 is 0 Å². The first-order chi connectivity index (χ1) is 6.34. The van der Waals surface area contributed by atoms with Crippen LogP contribution in [0.15, 0.2) is 11.6 Å². The molecule has 4 aliphatic rings. The zero-order chi connectivity index (χ0) is 8.84. The normalized spacial score (nSPS) is 42.9. The molecule has 4 rings (SSSR count). The van der Waals surface area contributed by atoms with Gasteiger partial charge >= 0.3 is 0 Å². The van der Waals surface area contributed by atoms with Crippen LogP contribution in [0.2, 0.25) is 0 Å². The van der Waals surface area contributed by atoms with Gasteiger partial charge in [-0.3, -0.25) is 9.69 Å². The average Bonchev–Trinajstić information content (AvgIpc) is 2.19. The third-order valence-corrected chi connectivity index (χ3v) is 3.82. The van der Waals surface area contributed by atoms with E-state index in [1.54, 1.807) is 0 Å². The van der Waals surface area contributed by atoms with Crippen LogP contribution in [0.25, 0.3) is 0 Å². The molecule has 1 unspecified atom stereocenters. The number of piperidine rings is 3. The summed E-state index contributed by atoms with van der Waals surface area (Å²) in [6, 6.07) is 0.644. The molecule has 1 aliphatic carbocycles. The number of hydrogen-bond donors (Lipinski definition) is 0. The fourth-order valence-electron chi connectivity index (χ4n) is 3.13. The molecule has 1 atom stereocenters. The smallest absolute Gasteiger partial charge is 0.155 e. The topological polar surface area (TPSA) is 20.3 Å². The van der Waals surface area contributed by atoms with Crippen LogP contribution in [0.5, 0.6) is 0 Å². The molecule has 2 bridgehead atoms. The van der Waals surface area contributed by atoms with E-state index in [0.29, 0.717) is 11.8 Å². The lowest BCUT2D eigenvalue weighted by Gasteiger charge is -2.48. The number of nitrogens with zero attached hydrogens (tertiary/aromatic N) is 1. The second kappa shape index (κ2) is 2.68. The molecule has 0 aromatic heterocycles. The number of allylic oxidation sites excluding steroid dienone is 1. The average molecular weight is 177 g/mol. The minimum Gasteiger partial charge on any atom is -0.297 e. The zero-order valence-corrected chi connectivity index (χ0v) is 7.83. The van der Waals surface area contributed by atoms with Crippen molar-refractivity contribution in [3.05, 3.63) is 11.6 Å². The van der Waals surface area contributed by atoms with E-state index in [0.717, 1.165) is 18.8 Å². The minimum atomic E-state index is 0.361. The maximum atomic E-state index is 11.3. The van der Waals surface area contributed by atoms with Gasteiger partial charge in [-0.1, -0.05) is 0 Å². The first kappa shape index (κ1) is 7.74. The van der Waals surface area contributed by atoms with E-state index in [1.165, 1.54) is 31.5 Å². The van der Waals surface area contributed by atoms with E-state index in [9.17, 15) is 4.79 Å². The molecule has 0 spiro atoms. The Morgan fingerprint density at radius 1 is 1.23 bits per heavy atom. The zero-order valence-electron chi connectivity index (χ0n) is 7.83. The Labute approximate surface area is 78.6 Å². The van der Waals surface area contributed by atoms with Crippen LogP contribution in [0.3, 0.4) is 0 Å². The first-order valence-corrected chi connectivity index (χ1v) is 5.33. The van der Waals surface area contributed by atoms with Crippen LogP contribution in [0.4, 0.5) is 0 Å². The molecular weight excluding hydrogens is 162 g/mol. The van der Waals surface area contributed by atoms with Gasteiger partial charge in [0.1, 0.15) is 0 Å². The van der Waals surface area contributed by atoms with Crippen LogP contribution < -0.4 is 0 Å². The third kappa shape index (κ3) is 1.08. The predicted octanol–water partition coefficient (Wildman–Crippen LogP) is 1.37. The predicted molar refractivity (Wildman–Crippen MR) is 50.4 cm³/mol. The molecule has 13 heavy (non-hydrogen) atoms. The monoisotopic (exact) mass is 177 g/mol. The summed E-state index contributed by atoms with van der Waals surface area (Å²) in [6.07, 6.45) is 6.38. The maximum Gasteiger partial charge on any atom is 0.155 e. The highest BCUT2D eigenvalue weighted by Crippen LogP contribution is 2.40. The van der Waals surface area contributed by atoms with Gasteiger partial charge in [-0.05, 0) is 49.9 Å². The van der Waals surface area contributed by atoms with Crippen LogP contribution in [0.1, 0.15) is 25.7 Å². The Hall–Kier alpha value is -0.630. The SMILES string of the molecule is O=C1C=C2C3CCN(CC3)C2CC1. The molecule has 0 aromatic rings. The molecule has 2 heteroatoms. The van der Waals surface area contributed by atoms with E-state index in [1.807, 2.05) is 6.08 Å². The fourth-order valence-corrected chi connectivity index (χ4v) is 3.13. The van der Waals surface area contributed by atoms with Gasteiger partial charge in [-0.15, -0.1) is 0 Å². The van der Waals surface area contributed by atoms with Crippen molar-refractivity contribution in [1.29, 1.82) is 0 Å². The number of rotatable bonds is 0. The standard InChI is InChI=1S/C11H15NO/c13-9-1-2-11-10(7-9)8-3-5-12(11)6-4-8/h7-8,11H,1-6H2. The molecule has 0 radical (unpaired) electrons. The summed E-state index contributed by atoms with van der Waals surface area (Å²) >= 11 is 0. The Morgan fingerprint density at radius 2 is 2.00 bits per heavy atom. The van der Waals surface area contributed by atoms with Gasteiger partial charge in [-0.25, -0.2) is 0 Å². The molecule has 0 saturated carbocycles. The van der Waals surface area contributed by atoms with Crippen molar-refractivity contribution in [2.45, 2.75) is 31.7 Å². The molecule has 0 amide bonds. The lowest BCUT2D eigenvalue weighted by Crippen LogP contribution is -2.51. The Balaban J connectivity index is 1.98. The van der Waals surface area contributed by atoms with E-state index < -0.39 is 0 Å². The maximum absolute atomic E-state index is 11.3. The number of hydrogen-bond acceptors (Lipinski definition) is 2. The van der Waals surface area contributed by atoms with Crippen LogP contribution >= 0.6 is 0 Å². The number of ketones is 1. The van der Waals surface area contributed by atoms with Crippen molar-refractivity contribution >= 4 is 5.78 Å². The summed E-state index contributed by atoms with van der Waals surface area (Å²) in [5.74, 6) is 1.11. The van der Waals surface area contributed by atoms with Crippen LogP contribution in [-0.2, 0) is 4.79 Å².